The van der Waals surface area contributed by atoms with Gasteiger partial charge in [-0.15, -0.1) is 11.8 Å². The fourth-order valence-corrected chi connectivity index (χ4v) is 4.96. The fraction of sp³-hybridized carbons (Fsp3) is 0.571. The smallest absolute Gasteiger partial charge is 0.411 e. The number of carbonyl (C=O) groups excluding carboxylic acids is 1. The lowest BCUT2D eigenvalue weighted by Gasteiger charge is -2.41. The molecule has 1 aromatic heterocycles. The Morgan fingerprint density at radius 1 is 1.30 bits per heavy atom. The van der Waals surface area contributed by atoms with Crippen LogP contribution in [0.4, 0.5) is 10.6 Å². The minimum absolute atomic E-state index is 0.112. The van der Waals surface area contributed by atoms with Gasteiger partial charge in [0.05, 0.1) is 10.9 Å². The molecule has 4 rings (SSSR count). The topological polar surface area (TPSA) is 84.6 Å². The molecule has 0 bridgehead atoms. The first-order valence-corrected chi connectivity index (χ1v) is 11.7. The third kappa shape index (κ3) is 4.60. The molecular formula is C21H28ClN5O2S. The van der Waals surface area contributed by atoms with Crippen LogP contribution >= 0.6 is 23.4 Å². The molecule has 1 unspecified atom stereocenters. The Kier molecular flexibility index (Phi) is 6.01. The monoisotopic (exact) mass is 449 g/mol. The fourth-order valence-electron chi connectivity index (χ4n) is 3.77. The molecule has 30 heavy (non-hydrogen) atoms. The first-order valence-electron chi connectivity index (χ1n) is 10.3. The molecule has 1 saturated carbocycles. The van der Waals surface area contributed by atoms with Gasteiger partial charge < -0.3 is 15.4 Å². The molecule has 2 N–H and O–H groups in total. The number of nitrogens with zero attached hydrogens (tertiary/aromatic N) is 4. The molecule has 2 fully saturated rings. The predicted octanol–water partition coefficient (Wildman–Crippen LogP) is 4.19. The number of anilines is 1. The van der Waals surface area contributed by atoms with Gasteiger partial charge in [-0.25, -0.2) is 14.8 Å². The number of hydrogen-bond donors (Lipinski definition) is 1. The second-order valence-corrected chi connectivity index (χ2v) is 10.4. The van der Waals surface area contributed by atoms with Crippen LogP contribution < -0.4 is 10.6 Å². The van der Waals surface area contributed by atoms with Gasteiger partial charge >= 0.3 is 6.09 Å². The van der Waals surface area contributed by atoms with E-state index in [0.29, 0.717) is 31.4 Å². The Labute approximate surface area is 186 Å². The normalized spacial score (nSPS) is 20.0. The summed E-state index contributed by atoms with van der Waals surface area (Å²) in [6.45, 7) is 7.45. The summed E-state index contributed by atoms with van der Waals surface area (Å²) in [6, 6.07) is 4.09. The molecule has 1 aliphatic carbocycles. The summed E-state index contributed by atoms with van der Waals surface area (Å²) in [6.07, 6.45) is 3.63. The Hall–Kier alpha value is -1.77. The predicted molar refractivity (Wildman–Crippen MR) is 122 cm³/mol. The van der Waals surface area contributed by atoms with Gasteiger partial charge in [0.25, 0.3) is 0 Å². The van der Waals surface area contributed by atoms with E-state index in [1.165, 1.54) is 30.2 Å². The number of piperazine rings is 1. The van der Waals surface area contributed by atoms with E-state index in [1.54, 1.807) is 11.2 Å². The van der Waals surface area contributed by atoms with Crippen molar-refractivity contribution in [2.24, 2.45) is 5.73 Å². The van der Waals surface area contributed by atoms with Crippen LogP contribution in [0.2, 0.25) is 5.02 Å². The van der Waals surface area contributed by atoms with Gasteiger partial charge in [0.15, 0.2) is 0 Å². The van der Waals surface area contributed by atoms with E-state index in [2.05, 4.69) is 20.9 Å². The molecule has 1 aliphatic heterocycles. The summed E-state index contributed by atoms with van der Waals surface area (Å²) in [5, 5.41) is 1.67. The lowest BCUT2D eigenvalue weighted by molar-refractivity contribution is 0.0215. The number of carbonyl (C=O) groups is 1. The number of amides is 1. The Morgan fingerprint density at radius 2 is 2.07 bits per heavy atom. The lowest BCUT2D eigenvalue weighted by atomic mass is 10.1. The number of benzene rings is 1. The van der Waals surface area contributed by atoms with Crippen molar-refractivity contribution >= 4 is 46.2 Å². The zero-order valence-corrected chi connectivity index (χ0v) is 19.2. The zero-order valence-electron chi connectivity index (χ0n) is 17.6. The van der Waals surface area contributed by atoms with E-state index in [4.69, 9.17) is 22.1 Å². The molecule has 2 aromatic rings. The maximum absolute atomic E-state index is 12.7. The molecule has 2 aliphatic rings. The van der Waals surface area contributed by atoms with Gasteiger partial charge in [-0.2, -0.15) is 0 Å². The molecular weight excluding hydrogens is 422 g/mol. The highest BCUT2D eigenvalue weighted by Crippen LogP contribution is 2.45. The van der Waals surface area contributed by atoms with Gasteiger partial charge in [0.2, 0.25) is 0 Å². The highest BCUT2D eigenvalue weighted by molar-refractivity contribution is 7.99. The van der Waals surface area contributed by atoms with E-state index >= 15 is 0 Å². The van der Waals surface area contributed by atoms with Crippen molar-refractivity contribution in [2.75, 3.05) is 30.4 Å². The number of rotatable bonds is 4. The second kappa shape index (κ2) is 8.40. The largest absolute Gasteiger partial charge is 0.444 e. The molecule has 1 saturated heterocycles. The van der Waals surface area contributed by atoms with E-state index in [1.807, 2.05) is 26.8 Å². The van der Waals surface area contributed by atoms with Crippen LogP contribution in [-0.2, 0) is 4.74 Å². The van der Waals surface area contributed by atoms with Gasteiger partial charge in [-0.05, 0) is 57.2 Å². The number of fused-ring (bicyclic) bond motifs is 1. The van der Waals surface area contributed by atoms with Crippen LogP contribution in [0.25, 0.3) is 10.9 Å². The van der Waals surface area contributed by atoms with Crippen LogP contribution in [0, 0.1) is 0 Å². The third-order valence-corrected chi connectivity index (χ3v) is 6.61. The Bertz CT molecular complexity index is 947. The maximum atomic E-state index is 12.7. The second-order valence-electron chi connectivity index (χ2n) is 8.77. The van der Waals surface area contributed by atoms with E-state index in [9.17, 15) is 4.79 Å². The van der Waals surface area contributed by atoms with Crippen molar-refractivity contribution in [3.05, 3.63) is 29.0 Å². The highest BCUT2D eigenvalue weighted by atomic mass is 35.5. The van der Waals surface area contributed by atoms with Crippen molar-refractivity contribution in [2.45, 2.75) is 50.5 Å². The summed E-state index contributed by atoms with van der Waals surface area (Å²) in [7, 11) is 0. The van der Waals surface area contributed by atoms with E-state index in [0.717, 1.165) is 21.7 Å². The molecule has 1 aromatic carbocycles. The minimum atomic E-state index is -0.534. The zero-order chi connectivity index (χ0) is 21.5. The molecule has 0 radical (unpaired) electrons. The maximum Gasteiger partial charge on any atom is 0.411 e. The molecule has 162 valence electrons. The van der Waals surface area contributed by atoms with Gasteiger partial charge in [-0.1, -0.05) is 11.6 Å². The standard InChI is InChI=1S/C21H28ClN5O2S/c1-21(2,3)29-20(28)27-7-6-26(10-18(27)30-11-23)19-15-8-14(13-4-5-13)16(22)9-17(15)24-12-25-19/h8-9,12-13,18H,4-7,10-11,23H2,1-3H3. The molecule has 0 spiro atoms. The average Bonchev–Trinajstić information content (AvgIpc) is 3.51. The van der Waals surface area contributed by atoms with Crippen LogP contribution in [0.15, 0.2) is 18.5 Å². The first kappa shape index (κ1) is 21.5. The highest BCUT2D eigenvalue weighted by Gasteiger charge is 2.35. The van der Waals surface area contributed by atoms with Crippen molar-refractivity contribution in [3.8, 4) is 0 Å². The quantitative estimate of drug-likeness (QED) is 0.700. The summed E-state index contributed by atoms with van der Waals surface area (Å²) in [4.78, 5) is 25.7. The molecule has 1 amide bonds. The van der Waals surface area contributed by atoms with Crippen molar-refractivity contribution in [3.63, 3.8) is 0 Å². The van der Waals surface area contributed by atoms with Crippen molar-refractivity contribution in [1.29, 1.82) is 0 Å². The van der Waals surface area contributed by atoms with E-state index in [-0.39, 0.29) is 11.5 Å². The van der Waals surface area contributed by atoms with Crippen LogP contribution in [0.3, 0.4) is 0 Å². The number of hydrogen-bond acceptors (Lipinski definition) is 7. The van der Waals surface area contributed by atoms with Crippen LogP contribution in [0.5, 0.6) is 0 Å². The first-order chi connectivity index (χ1) is 14.3. The summed E-state index contributed by atoms with van der Waals surface area (Å²) < 4.78 is 5.60. The molecule has 7 nitrogen and oxygen atoms in total. The number of ether oxygens (including phenoxy) is 1. The number of aromatic nitrogens is 2. The van der Waals surface area contributed by atoms with Crippen LogP contribution in [0.1, 0.15) is 45.1 Å². The molecule has 1 atom stereocenters. The summed E-state index contributed by atoms with van der Waals surface area (Å²) >= 11 is 8.03. The lowest BCUT2D eigenvalue weighted by Crippen LogP contribution is -2.55. The number of thioether (sulfide) groups is 1. The molecule has 2 heterocycles. The Morgan fingerprint density at radius 3 is 2.73 bits per heavy atom. The minimum Gasteiger partial charge on any atom is -0.444 e. The van der Waals surface area contributed by atoms with E-state index < -0.39 is 5.60 Å². The summed E-state index contributed by atoms with van der Waals surface area (Å²) in [5.41, 5.74) is 7.31. The Balaban J connectivity index is 1.61. The molecule has 9 heteroatoms. The number of halogens is 1. The van der Waals surface area contributed by atoms with Gasteiger partial charge in [-0.3, -0.25) is 4.90 Å². The van der Waals surface area contributed by atoms with Gasteiger partial charge in [0, 0.05) is 35.9 Å². The van der Waals surface area contributed by atoms with Crippen molar-refractivity contribution in [1.82, 2.24) is 14.9 Å². The third-order valence-electron chi connectivity index (χ3n) is 5.30. The van der Waals surface area contributed by atoms with Crippen molar-refractivity contribution < 1.29 is 9.53 Å². The summed E-state index contributed by atoms with van der Waals surface area (Å²) in [5.74, 6) is 1.84. The number of nitrogens with two attached hydrogens (primary N) is 1. The average molecular weight is 450 g/mol. The van der Waals surface area contributed by atoms with Crippen LogP contribution in [-0.4, -0.2) is 57.4 Å². The SMILES string of the molecule is CC(C)(C)OC(=O)N1CCN(c2ncnc3cc(Cl)c(C4CC4)cc23)CC1SCN. The van der Waals surface area contributed by atoms with Gasteiger partial charge in [0.1, 0.15) is 17.7 Å².